The van der Waals surface area contributed by atoms with Gasteiger partial charge in [-0.1, -0.05) is 42.5 Å². The quantitative estimate of drug-likeness (QED) is 0.493. The van der Waals surface area contributed by atoms with Crippen molar-refractivity contribution in [3.63, 3.8) is 0 Å². The van der Waals surface area contributed by atoms with E-state index in [4.69, 9.17) is 0 Å². The van der Waals surface area contributed by atoms with E-state index in [1.165, 1.54) is 0 Å². The zero-order valence-corrected chi connectivity index (χ0v) is 17.5. The molecule has 0 fully saturated rings. The van der Waals surface area contributed by atoms with Gasteiger partial charge in [-0.25, -0.2) is 4.98 Å². The summed E-state index contributed by atoms with van der Waals surface area (Å²) in [5.41, 5.74) is 2.96. The Morgan fingerprint density at radius 1 is 1.03 bits per heavy atom. The van der Waals surface area contributed by atoms with E-state index >= 15 is 0 Å². The van der Waals surface area contributed by atoms with E-state index in [2.05, 4.69) is 27.1 Å². The van der Waals surface area contributed by atoms with Crippen LogP contribution in [0.15, 0.2) is 83.7 Å². The lowest BCUT2D eigenvalue weighted by Crippen LogP contribution is -2.25. The number of para-hydroxylation sites is 1. The summed E-state index contributed by atoms with van der Waals surface area (Å²) in [5.74, 6) is 0.475. The fraction of sp³-hybridized carbons (Fsp3) is 0.160. The molecule has 0 bridgehead atoms. The fourth-order valence-electron chi connectivity index (χ4n) is 3.51. The van der Waals surface area contributed by atoms with Crippen LogP contribution in [0.5, 0.6) is 0 Å². The molecule has 4 aromatic rings. The minimum Gasteiger partial charge on any atom is -0.322 e. The first kappa shape index (κ1) is 20.5. The van der Waals surface area contributed by atoms with Crippen molar-refractivity contribution in [1.82, 2.24) is 14.9 Å². The highest BCUT2D eigenvalue weighted by atomic mass is 16.1. The van der Waals surface area contributed by atoms with Crippen LogP contribution in [0.2, 0.25) is 0 Å². The summed E-state index contributed by atoms with van der Waals surface area (Å²) in [6, 6.07) is 24.3. The SMILES string of the molecule is CC(c1cccc(NC(=O)c2ccccc2)c1)N(C)Cc1nc2ccccc2c(=O)[nH]1. The number of hydrogen-bond acceptors (Lipinski definition) is 4. The van der Waals surface area contributed by atoms with Gasteiger partial charge in [-0.3, -0.25) is 14.5 Å². The molecule has 0 aliphatic heterocycles. The van der Waals surface area contributed by atoms with Crippen molar-refractivity contribution in [3.8, 4) is 0 Å². The summed E-state index contributed by atoms with van der Waals surface area (Å²) in [6.45, 7) is 2.57. The number of H-pyrrole nitrogens is 1. The van der Waals surface area contributed by atoms with Gasteiger partial charge in [0.15, 0.2) is 0 Å². The molecule has 6 heteroatoms. The second kappa shape index (κ2) is 8.93. The molecule has 0 saturated carbocycles. The van der Waals surface area contributed by atoms with Gasteiger partial charge in [0, 0.05) is 17.3 Å². The van der Waals surface area contributed by atoms with Gasteiger partial charge in [0.05, 0.1) is 17.4 Å². The Hall–Kier alpha value is -3.77. The molecule has 31 heavy (non-hydrogen) atoms. The van der Waals surface area contributed by atoms with Gasteiger partial charge in [0.1, 0.15) is 5.82 Å². The number of fused-ring (bicyclic) bond motifs is 1. The molecule has 0 saturated heterocycles. The van der Waals surface area contributed by atoms with Crippen LogP contribution < -0.4 is 10.9 Å². The molecule has 2 N–H and O–H groups in total. The van der Waals surface area contributed by atoms with Crippen molar-refractivity contribution in [2.45, 2.75) is 19.5 Å². The molecule has 0 radical (unpaired) electrons. The summed E-state index contributed by atoms with van der Waals surface area (Å²) in [7, 11) is 1.98. The molecule has 1 aromatic heterocycles. The second-order valence-corrected chi connectivity index (χ2v) is 7.57. The van der Waals surface area contributed by atoms with Gasteiger partial charge in [-0.15, -0.1) is 0 Å². The number of rotatable bonds is 6. The zero-order chi connectivity index (χ0) is 21.8. The maximum absolute atomic E-state index is 12.4. The van der Waals surface area contributed by atoms with Crippen molar-refractivity contribution < 1.29 is 4.79 Å². The van der Waals surface area contributed by atoms with E-state index in [0.717, 1.165) is 11.3 Å². The molecule has 0 spiro atoms. The van der Waals surface area contributed by atoms with Crippen molar-refractivity contribution in [1.29, 1.82) is 0 Å². The predicted octanol–water partition coefficient (Wildman–Crippen LogP) is 4.37. The first-order valence-electron chi connectivity index (χ1n) is 10.2. The van der Waals surface area contributed by atoms with E-state index < -0.39 is 0 Å². The van der Waals surface area contributed by atoms with Gasteiger partial charge < -0.3 is 10.3 Å². The number of amides is 1. The molecular formula is C25H24N4O2. The lowest BCUT2D eigenvalue weighted by atomic mass is 10.1. The zero-order valence-electron chi connectivity index (χ0n) is 17.5. The molecule has 1 amide bonds. The fourth-order valence-corrected chi connectivity index (χ4v) is 3.51. The number of benzene rings is 3. The molecule has 6 nitrogen and oxygen atoms in total. The Balaban J connectivity index is 1.49. The first-order chi connectivity index (χ1) is 15.0. The summed E-state index contributed by atoms with van der Waals surface area (Å²) in [5, 5.41) is 3.54. The highest BCUT2D eigenvalue weighted by Gasteiger charge is 2.15. The van der Waals surface area contributed by atoms with Crippen LogP contribution in [-0.4, -0.2) is 27.8 Å². The van der Waals surface area contributed by atoms with Crippen LogP contribution >= 0.6 is 0 Å². The Bertz CT molecular complexity index is 1270. The van der Waals surface area contributed by atoms with E-state index in [1.807, 2.05) is 67.7 Å². The number of aromatic nitrogens is 2. The summed E-state index contributed by atoms with van der Waals surface area (Å²) in [6.07, 6.45) is 0. The molecular weight excluding hydrogens is 388 g/mol. The summed E-state index contributed by atoms with van der Waals surface area (Å²) >= 11 is 0. The van der Waals surface area contributed by atoms with Gasteiger partial charge in [-0.05, 0) is 55.9 Å². The highest BCUT2D eigenvalue weighted by molar-refractivity contribution is 6.04. The first-order valence-corrected chi connectivity index (χ1v) is 10.2. The van der Waals surface area contributed by atoms with Gasteiger partial charge in [0.25, 0.3) is 11.5 Å². The normalized spacial score (nSPS) is 12.1. The van der Waals surface area contributed by atoms with Gasteiger partial charge in [0.2, 0.25) is 0 Å². The van der Waals surface area contributed by atoms with Crippen LogP contribution in [0.4, 0.5) is 5.69 Å². The minimum atomic E-state index is -0.142. The number of carbonyl (C=O) groups excluding carboxylic acids is 1. The van der Waals surface area contributed by atoms with Crippen molar-refractivity contribution >= 4 is 22.5 Å². The van der Waals surface area contributed by atoms with Crippen LogP contribution in [0.3, 0.4) is 0 Å². The van der Waals surface area contributed by atoms with E-state index in [0.29, 0.717) is 28.8 Å². The third-order valence-electron chi connectivity index (χ3n) is 5.39. The van der Waals surface area contributed by atoms with Crippen molar-refractivity contribution in [3.05, 3.63) is 106 Å². The van der Waals surface area contributed by atoms with Crippen molar-refractivity contribution in [2.75, 3.05) is 12.4 Å². The largest absolute Gasteiger partial charge is 0.322 e. The maximum atomic E-state index is 12.4. The topological polar surface area (TPSA) is 78.1 Å². The molecule has 1 unspecified atom stereocenters. The summed E-state index contributed by atoms with van der Waals surface area (Å²) < 4.78 is 0. The lowest BCUT2D eigenvalue weighted by molar-refractivity contribution is 0.102. The Labute approximate surface area is 180 Å². The maximum Gasteiger partial charge on any atom is 0.258 e. The molecule has 0 aliphatic carbocycles. The van der Waals surface area contributed by atoms with Crippen LogP contribution in [0.25, 0.3) is 10.9 Å². The Kier molecular flexibility index (Phi) is 5.91. The molecule has 156 valence electrons. The highest BCUT2D eigenvalue weighted by Crippen LogP contribution is 2.23. The third-order valence-corrected chi connectivity index (χ3v) is 5.39. The lowest BCUT2D eigenvalue weighted by Gasteiger charge is -2.25. The molecule has 0 aliphatic rings. The average Bonchev–Trinajstić information content (AvgIpc) is 2.79. The second-order valence-electron chi connectivity index (χ2n) is 7.57. The molecule has 1 heterocycles. The number of nitrogens with zero attached hydrogens (tertiary/aromatic N) is 2. The van der Waals surface area contributed by atoms with Gasteiger partial charge in [-0.2, -0.15) is 0 Å². The smallest absolute Gasteiger partial charge is 0.258 e. The van der Waals surface area contributed by atoms with E-state index in [9.17, 15) is 9.59 Å². The predicted molar refractivity (Wildman–Crippen MR) is 123 cm³/mol. The number of nitrogens with one attached hydrogen (secondary N) is 2. The minimum absolute atomic E-state index is 0.0466. The van der Waals surface area contributed by atoms with Crippen molar-refractivity contribution in [2.24, 2.45) is 0 Å². The van der Waals surface area contributed by atoms with E-state index in [-0.39, 0.29) is 17.5 Å². The summed E-state index contributed by atoms with van der Waals surface area (Å²) in [4.78, 5) is 34.3. The number of hydrogen-bond donors (Lipinski definition) is 2. The van der Waals surface area contributed by atoms with Gasteiger partial charge >= 0.3 is 0 Å². The molecule has 3 aromatic carbocycles. The number of carbonyl (C=O) groups is 1. The standard InChI is InChI=1S/C25H24N4O2/c1-17(29(2)16-23-27-22-14-7-6-13-21(22)25(31)28-23)19-11-8-12-20(15-19)26-24(30)18-9-4-3-5-10-18/h3-15,17H,16H2,1-2H3,(H,26,30)(H,27,28,31). The van der Waals surface area contributed by atoms with Crippen LogP contribution in [0.1, 0.15) is 34.7 Å². The third kappa shape index (κ3) is 4.70. The monoisotopic (exact) mass is 412 g/mol. The Morgan fingerprint density at radius 2 is 1.77 bits per heavy atom. The average molecular weight is 412 g/mol. The Morgan fingerprint density at radius 3 is 2.58 bits per heavy atom. The molecule has 1 atom stereocenters. The van der Waals surface area contributed by atoms with Crippen LogP contribution in [-0.2, 0) is 6.54 Å². The number of anilines is 1. The van der Waals surface area contributed by atoms with Crippen LogP contribution in [0, 0.1) is 0 Å². The molecule has 4 rings (SSSR count). The van der Waals surface area contributed by atoms with E-state index in [1.54, 1.807) is 18.2 Å². The number of aromatic amines is 1.